The molecule has 1 fully saturated rings. The molecule has 2 rings (SSSR count). The number of rotatable bonds is 8. The number of hydrogen-bond donors (Lipinski definition) is 2. The second kappa shape index (κ2) is 8.53. The summed E-state index contributed by atoms with van der Waals surface area (Å²) in [6.07, 6.45) is 0. The second-order valence-corrected chi connectivity index (χ2v) is 10.6. The van der Waals surface area contributed by atoms with Crippen LogP contribution in [-0.4, -0.2) is 31.5 Å². The molecule has 8 nitrogen and oxygen atoms in total. The van der Waals surface area contributed by atoms with Gasteiger partial charge >= 0.3 is 15.3 Å². The van der Waals surface area contributed by atoms with Crippen LogP contribution < -0.4 is 5.09 Å². The molecule has 26 heavy (non-hydrogen) atoms. The molecule has 10 heteroatoms. The number of benzene rings is 1. The van der Waals surface area contributed by atoms with Crippen molar-refractivity contribution >= 4 is 15.3 Å². The Bertz CT molecular complexity index is 686. The van der Waals surface area contributed by atoms with Crippen LogP contribution in [0, 0.1) is 5.41 Å². The molecule has 2 N–H and O–H groups in total. The van der Waals surface area contributed by atoms with Gasteiger partial charge in [-0.1, -0.05) is 32.0 Å². The van der Waals surface area contributed by atoms with Gasteiger partial charge in [0.25, 0.3) is 0 Å². The molecule has 1 aliphatic rings. The molecule has 0 radical (unpaired) electrons. The lowest BCUT2D eigenvalue weighted by molar-refractivity contribution is 0.0367. The summed E-state index contributed by atoms with van der Waals surface area (Å²) in [5, 5.41) is 12.9. The average Bonchev–Trinajstić information content (AvgIpc) is 2.57. The molecule has 148 valence electrons. The van der Waals surface area contributed by atoms with Gasteiger partial charge in [-0.05, 0) is 19.9 Å². The highest BCUT2D eigenvalue weighted by Crippen LogP contribution is 2.66. The second-order valence-electron chi connectivity index (χ2n) is 6.67. The molecule has 0 amide bonds. The Balaban J connectivity index is 2.42. The Morgan fingerprint density at radius 2 is 1.77 bits per heavy atom. The van der Waals surface area contributed by atoms with Gasteiger partial charge in [0, 0.05) is 11.0 Å². The maximum Gasteiger partial charge on any atom is 0.406 e. The van der Waals surface area contributed by atoms with E-state index in [0.717, 1.165) is 0 Å². The Kier molecular flexibility index (Phi) is 7.08. The van der Waals surface area contributed by atoms with Crippen molar-refractivity contribution in [3.8, 4) is 5.75 Å². The zero-order valence-corrected chi connectivity index (χ0v) is 17.3. The molecule has 1 aromatic carbocycles. The first kappa shape index (κ1) is 21.6. The van der Waals surface area contributed by atoms with Crippen LogP contribution in [0.5, 0.6) is 5.75 Å². The molecule has 0 unspecified atom stereocenters. The third-order valence-corrected chi connectivity index (χ3v) is 7.69. The van der Waals surface area contributed by atoms with Gasteiger partial charge in [-0.15, -0.1) is 0 Å². The van der Waals surface area contributed by atoms with E-state index in [-0.39, 0.29) is 43.2 Å². The van der Waals surface area contributed by atoms with Crippen molar-refractivity contribution in [2.75, 3.05) is 26.4 Å². The third kappa shape index (κ3) is 5.17. The van der Waals surface area contributed by atoms with E-state index in [1.165, 1.54) is 6.07 Å². The molecular formula is C16H27NO7P2. The van der Waals surface area contributed by atoms with Crippen LogP contribution in [-0.2, 0) is 27.2 Å². The fourth-order valence-electron chi connectivity index (χ4n) is 2.39. The van der Waals surface area contributed by atoms with Gasteiger partial charge in [0.05, 0.1) is 26.4 Å². The summed E-state index contributed by atoms with van der Waals surface area (Å²) in [7, 11) is -7.60. The molecule has 1 heterocycles. The lowest BCUT2D eigenvalue weighted by Crippen LogP contribution is -2.33. The maximum atomic E-state index is 13.4. The lowest BCUT2D eigenvalue weighted by atomic mass is 9.97. The van der Waals surface area contributed by atoms with E-state index < -0.39 is 21.1 Å². The topological polar surface area (TPSA) is 103 Å². The molecule has 1 saturated heterocycles. The highest BCUT2D eigenvalue weighted by Gasteiger charge is 2.47. The van der Waals surface area contributed by atoms with Gasteiger partial charge in [0.1, 0.15) is 11.5 Å². The first-order chi connectivity index (χ1) is 12.1. The van der Waals surface area contributed by atoms with E-state index in [1.807, 2.05) is 13.8 Å². The minimum Gasteiger partial charge on any atom is -0.508 e. The van der Waals surface area contributed by atoms with Crippen LogP contribution in [0.25, 0.3) is 0 Å². The number of para-hydroxylation sites is 1. The number of hydrogen-bond acceptors (Lipinski definition) is 7. The molecule has 0 spiro atoms. The molecule has 1 aromatic rings. The lowest BCUT2D eigenvalue weighted by Gasteiger charge is -2.38. The van der Waals surface area contributed by atoms with E-state index in [4.69, 9.17) is 18.1 Å². The highest BCUT2D eigenvalue weighted by molar-refractivity contribution is 7.57. The zero-order chi connectivity index (χ0) is 19.4. The molecular weight excluding hydrogens is 380 g/mol. The number of aromatic hydroxyl groups is 1. The predicted octanol–water partition coefficient (Wildman–Crippen LogP) is 4.43. The van der Waals surface area contributed by atoms with Gasteiger partial charge in [-0.25, -0.2) is 9.65 Å². The van der Waals surface area contributed by atoms with E-state index in [1.54, 1.807) is 32.0 Å². The molecule has 1 atom stereocenters. The van der Waals surface area contributed by atoms with Crippen LogP contribution in [0.2, 0.25) is 0 Å². The third-order valence-electron chi connectivity index (χ3n) is 3.70. The zero-order valence-electron chi connectivity index (χ0n) is 15.5. The smallest absolute Gasteiger partial charge is 0.406 e. The molecule has 0 bridgehead atoms. The maximum absolute atomic E-state index is 13.4. The normalized spacial score (nSPS) is 20.6. The average molecular weight is 407 g/mol. The van der Waals surface area contributed by atoms with Gasteiger partial charge < -0.3 is 14.2 Å². The van der Waals surface area contributed by atoms with Crippen molar-refractivity contribution in [1.29, 1.82) is 0 Å². The minimum atomic E-state index is -3.80. The summed E-state index contributed by atoms with van der Waals surface area (Å²) in [6.45, 7) is 7.82. The molecule has 0 saturated carbocycles. The largest absolute Gasteiger partial charge is 0.508 e. The molecule has 0 aliphatic carbocycles. The van der Waals surface area contributed by atoms with Gasteiger partial charge in [0.15, 0.2) is 0 Å². The Morgan fingerprint density at radius 1 is 1.23 bits per heavy atom. The van der Waals surface area contributed by atoms with Crippen LogP contribution in [0.3, 0.4) is 0 Å². The van der Waals surface area contributed by atoms with Crippen molar-refractivity contribution in [2.24, 2.45) is 5.41 Å². The predicted molar refractivity (Wildman–Crippen MR) is 98.1 cm³/mol. The number of nitrogens with one attached hydrogen (secondary N) is 1. The van der Waals surface area contributed by atoms with Crippen LogP contribution in [0.1, 0.15) is 39.0 Å². The summed E-state index contributed by atoms with van der Waals surface area (Å²) in [5.74, 6) is -1.33. The van der Waals surface area contributed by atoms with Crippen molar-refractivity contribution in [3.63, 3.8) is 0 Å². The standard InChI is InChI=1S/C16H27NO7P2/c1-5-21-26(20,22-6-2)17-15(13-9-7-8-10-14(13)18)25(19)23-11-16(3,4)12-24-25/h7-10,15,18H,5-6,11-12H2,1-4H3,(H,17,20)/t15-/m1/s1. The van der Waals surface area contributed by atoms with Crippen molar-refractivity contribution in [1.82, 2.24) is 5.09 Å². The SMILES string of the molecule is CCOP(=O)(N[C@@H](c1ccccc1O)P1(=O)OCC(C)(C)CO1)OCC. The van der Waals surface area contributed by atoms with Crippen molar-refractivity contribution < 1.29 is 32.3 Å². The summed E-state index contributed by atoms with van der Waals surface area (Å²) in [5.41, 5.74) is -0.0732. The monoisotopic (exact) mass is 407 g/mol. The molecule has 0 aromatic heterocycles. The van der Waals surface area contributed by atoms with Crippen LogP contribution in [0.4, 0.5) is 0 Å². The first-order valence-corrected chi connectivity index (χ1v) is 11.6. The van der Waals surface area contributed by atoms with Crippen LogP contribution in [0.15, 0.2) is 24.3 Å². The van der Waals surface area contributed by atoms with Gasteiger partial charge in [-0.2, -0.15) is 0 Å². The number of phenolic OH excluding ortho intramolecular Hbond substituents is 1. The van der Waals surface area contributed by atoms with E-state index in [0.29, 0.717) is 0 Å². The van der Waals surface area contributed by atoms with Crippen molar-refractivity contribution in [2.45, 2.75) is 33.5 Å². The molecule has 1 aliphatic heterocycles. The van der Waals surface area contributed by atoms with Gasteiger partial charge in [0.2, 0.25) is 0 Å². The van der Waals surface area contributed by atoms with Gasteiger partial charge in [-0.3, -0.25) is 13.6 Å². The van der Waals surface area contributed by atoms with Crippen LogP contribution >= 0.6 is 15.3 Å². The summed E-state index contributed by atoms with van der Waals surface area (Å²) >= 11 is 0. The fourth-order valence-corrected chi connectivity index (χ4v) is 6.71. The summed E-state index contributed by atoms with van der Waals surface area (Å²) < 4.78 is 48.0. The fraction of sp³-hybridized carbons (Fsp3) is 0.625. The Morgan fingerprint density at radius 3 is 2.27 bits per heavy atom. The summed E-state index contributed by atoms with van der Waals surface area (Å²) in [6, 6.07) is 6.29. The van der Waals surface area contributed by atoms with Crippen molar-refractivity contribution in [3.05, 3.63) is 29.8 Å². The van der Waals surface area contributed by atoms with E-state index in [9.17, 15) is 14.2 Å². The van der Waals surface area contributed by atoms with E-state index in [2.05, 4.69) is 5.09 Å². The Hall–Kier alpha value is -0.720. The quantitative estimate of drug-likeness (QED) is 0.610. The summed E-state index contributed by atoms with van der Waals surface area (Å²) in [4.78, 5) is 0. The minimum absolute atomic E-state index is 0.122. The number of phenols is 1. The van der Waals surface area contributed by atoms with E-state index >= 15 is 0 Å². The Labute approximate surface area is 154 Å². The first-order valence-electron chi connectivity index (χ1n) is 8.48. The highest BCUT2D eigenvalue weighted by atomic mass is 31.2.